The van der Waals surface area contributed by atoms with Crippen LogP contribution in [0.2, 0.25) is 0 Å². The van der Waals surface area contributed by atoms with Crippen molar-refractivity contribution >= 4 is 45.2 Å². The summed E-state index contributed by atoms with van der Waals surface area (Å²) in [6.07, 6.45) is 2.18. The minimum absolute atomic E-state index is 0.0811. The van der Waals surface area contributed by atoms with Gasteiger partial charge in [-0.3, -0.25) is 20.4 Å². The molecule has 0 spiro atoms. The van der Waals surface area contributed by atoms with Crippen molar-refractivity contribution in [3.63, 3.8) is 0 Å². The molecule has 1 aliphatic rings. The fraction of sp³-hybridized carbons (Fsp3) is 0.125. The zero-order valence-electron chi connectivity index (χ0n) is 12.3. The van der Waals surface area contributed by atoms with Gasteiger partial charge in [-0.2, -0.15) is 0 Å². The number of para-hydroxylation sites is 2. The van der Waals surface area contributed by atoms with Gasteiger partial charge in [-0.15, -0.1) is 11.3 Å². The molecule has 1 aromatic heterocycles. The summed E-state index contributed by atoms with van der Waals surface area (Å²) >= 11 is 4.84. The summed E-state index contributed by atoms with van der Waals surface area (Å²) in [5.74, 6) is 0.171. The zero-order chi connectivity index (χ0) is 16.9. The van der Waals surface area contributed by atoms with E-state index in [0.29, 0.717) is 11.5 Å². The largest absolute Gasteiger partial charge is 0.485 e. The molecule has 124 valence electrons. The maximum Gasteiger partial charge on any atom is 0.283 e. The van der Waals surface area contributed by atoms with Crippen molar-refractivity contribution in [1.29, 1.82) is 0 Å². The molecule has 2 aromatic rings. The summed E-state index contributed by atoms with van der Waals surface area (Å²) < 4.78 is 12.0. The van der Waals surface area contributed by atoms with Crippen molar-refractivity contribution in [3.05, 3.63) is 51.1 Å². The fourth-order valence-corrected chi connectivity index (χ4v) is 3.30. The molecule has 2 amide bonds. The molecule has 8 heteroatoms. The molecule has 0 saturated carbocycles. The highest BCUT2D eigenvalue weighted by Crippen LogP contribution is 2.30. The number of fused-ring (bicyclic) bond motifs is 1. The molecule has 0 fully saturated rings. The molecule has 1 atom stereocenters. The first-order valence-electron chi connectivity index (χ1n) is 7.03. The molecule has 2 N–H and O–H groups in total. The van der Waals surface area contributed by atoms with E-state index in [1.165, 1.54) is 17.4 Å². The van der Waals surface area contributed by atoms with Gasteiger partial charge in [0, 0.05) is 11.0 Å². The fourth-order valence-electron chi connectivity index (χ4n) is 1.97. The third-order valence-corrected chi connectivity index (χ3v) is 4.69. The number of hydrazine groups is 1. The average molecular weight is 409 g/mol. The number of hydrogen-bond donors (Lipinski definition) is 2. The molecule has 0 radical (unpaired) electrons. The molecule has 0 aliphatic carbocycles. The second-order valence-electron chi connectivity index (χ2n) is 4.82. The number of thiophene rings is 1. The van der Waals surface area contributed by atoms with Crippen LogP contribution >= 0.6 is 27.3 Å². The third kappa shape index (κ3) is 4.15. The van der Waals surface area contributed by atoms with Gasteiger partial charge in [-0.1, -0.05) is 12.1 Å². The summed E-state index contributed by atoms with van der Waals surface area (Å²) in [6.45, 7) is 0.0811. The normalized spacial score (nSPS) is 16.0. The van der Waals surface area contributed by atoms with E-state index in [9.17, 15) is 9.59 Å². The van der Waals surface area contributed by atoms with Crippen LogP contribution in [-0.4, -0.2) is 24.5 Å². The first-order chi connectivity index (χ1) is 11.6. The highest BCUT2D eigenvalue weighted by atomic mass is 79.9. The predicted molar refractivity (Wildman–Crippen MR) is 93.7 cm³/mol. The molecule has 0 bridgehead atoms. The Hall–Kier alpha value is -2.32. The van der Waals surface area contributed by atoms with Crippen molar-refractivity contribution in [3.8, 4) is 11.5 Å². The Kier molecular flexibility index (Phi) is 5.17. The van der Waals surface area contributed by atoms with E-state index in [1.807, 2.05) is 18.2 Å². The summed E-state index contributed by atoms with van der Waals surface area (Å²) in [5, 5.41) is 0. The van der Waals surface area contributed by atoms with Gasteiger partial charge in [0.2, 0.25) is 6.10 Å². The van der Waals surface area contributed by atoms with E-state index in [4.69, 9.17) is 9.47 Å². The van der Waals surface area contributed by atoms with Gasteiger partial charge >= 0.3 is 0 Å². The topological polar surface area (TPSA) is 76.7 Å². The van der Waals surface area contributed by atoms with E-state index in [0.717, 1.165) is 8.66 Å². The van der Waals surface area contributed by atoms with Crippen LogP contribution in [0.4, 0.5) is 0 Å². The average Bonchev–Trinajstić information content (AvgIpc) is 3.02. The van der Waals surface area contributed by atoms with E-state index < -0.39 is 17.9 Å². The van der Waals surface area contributed by atoms with Crippen LogP contribution < -0.4 is 20.3 Å². The highest BCUT2D eigenvalue weighted by molar-refractivity contribution is 9.11. The second-order valence-corrected chi connectivity index (χ2v) is 7.31. The Balaban J connectivity index is 1.49. The van der Waals surface area contributed by atoms with Crippen LogP contribution in [-0.2, 0) is 9.59 Å². The molecule has 1 aromatic carbocycles. The maximum absolute atomic E-state index is 12.0. The Morgan fingerprint density at radius 1 is 1.17 bits per heavy atom. The molecule has 24 heavy (non-hydrogen) atoms. The van der Waals surface area contributed by atoms with Crippen LogP contribution in [0.15, 0.2) is 46.3 Å². The quantitative estimate of drug-likeness (QED) is 0.604. The van der Waals surface area contributed by atoms with Gasteiger partial charge in [-0.05, 0) is 46.3 Å². The van der Waals surface area contributed by atoms with E-state index >= 15 is 0 Å². The second kappa shape index (κ2) is 7.50. The van der Waals surface area contributed by atoms with Crippen LogP contribution in [0.25, 0.3) is 6.08 Å². The summed E-state index contributed by atoms with van der Waals surface area (Å²) in [6, 6.07) is 10.9. The van der Waals surface area contributed by atoms with E-state index in [2.05, 4.69) is 26.8 Å². The Labute approximate surface area is 150 Å². The van der Waals surface area contributed by atoms with Crippen LogP contribution in [0.1, 0.15) is 4.88 Å². The zero-order valence-corrected chi connectivity index (χ0v) is 14.7. The number of benzene rings is 1. The van der Waals surface area contributed by atoms with Crippen molar-refractivity contribution in [2.24, 2.45) is 0 Å². The lowest BCUT2D eigenvalue weighted by Crippen LogP contribution is -2.50. The summed E-state index contributed by atoms with van der Waals surface area (Å²) in [5.41, 5.74) is 4.64. The molecule has 1 aliphatic heterocycles. The van der Waals surface area contributed by atoms with Crippen LogP contribution in [0.3, 0.4) is 0 Å². The minimum atomic E-state index is -0.822. The highest BCUT2D eigenvalue weighted by Gasteiger charge is 2.27. The van der Waals surface area contributed by atoms with Gasteiger partial charge in [0.25, 0.3) is 11.8 Å². The predicted octanol–water partition coefficient (Wildman–Crippen LogP) is 2.51. The maximum atomic E-state index is 12.0. The molecule has 3 rings (SSSR count). The van der Waals surface area contributed by atoms with Crippen LogP contribution in [0.5, 0.6) is 11.5 Å². The minimum Gasteiger partial charge on any atom is -0.485 e. The molecule has 0 saturated heterocycles. The number of amides is 2. The van der Waals surface area contributed by atoms with Crippen molar-refractivity contribution in [1.82, 2.24) is 10.9 Å². The Morgan fingerprint density at radius 3 is 2.71 bits per heavy atom. The number of ether oxygens (including phenoxy) is 2. The van der Waals surface area contributed by atoms with Crippen LogP contribution in [0, 0.1) is 0 Å². The van der Waals surface area contributed by atoms with Crippen molar-refractivity contribution in [2.75, 3.05) is 6.61 Å². The Bertz CT molecular complexity index is 790. The van der Waals surface area contributed by atoms with Gasteiger partial charge in [0.1, 0.15) is 6.61 Å². The monoisotopic (exact) mass is 408 g/mol. The standard InChI is InChI=1S/C16H13BrN2O4S/c17-14-7-5-10(24-14)6-8-15(20)18-19-16(21)13-9-22-11-3-1-2-4-12(11)23-13/h1-8,13H,9H2,(H,18,20)(H,19,21)/b8-6+. The van der Waals surface area contributed by atoms with Gasteiger partial charge in [0.15, 0.2) is 11.5 Å². The van der Waals surface area contributed by atoms with E-state index in [-0.39, 0.29) is 6.61 Å². The molecular weight excluding hydrogens is 396 g/mol. The third-order valence-electron chi connectivity index (χ3n) is 3.10. The van der Waals surface area contributed by atoms with Gasteiger partial charge in [-0.25, -0.2) is 0 Å². The number of halogens is 1. The van der Waals surface area contributed by atoms with Gasteiger partial charge in [0.05, 0.1) is 3.79 Å². The number of carbonyl (C=O) groups is 2. The number of hydrogen-bond acceptors (Lipinski definition) is 5. The first kappa shape index (κ1) is 16.5. The molecule has 2 heterocycles. The first-order valence-corrected chi connectivity index (χ1v) is 8.64. The van der Waals surface area contributed by atoms with E-state index in [1.54, 1.807) is 24.3 Å². The molecular formula is C16H13BrN2O4S. The molecule has 1 unspecified atom stereocenters. The lowest BCUT2D eigenvalue weighted by molar-refractivity contribution is -0.134. The number of carbonyl (C=O) groups excluding carboxylic acids is 2. The lowest BCUT2D eigenvalue weighted by Gasteiger charge is -2.25. The smallest absolute Gasteiger partial charge is 0.283 e. The SMILES string of the molecule is O=C(/C=C/c1ccc(Br)s1)NNC(=O)C1COc2ccccc2O1. The Morgan fingerprint density at radius 2 is 1.96 bits per heavy atom. The van der Waals surface area contributed by atoms with Gasteiger partial charge < -0.3 is 9.47 Å². The number of rotatable bonds is 3. The number of nitrogens with one attached hydrogen (secondary N) is 2. The van der Waals surface area contributed by atoms with Crippen molar-refractivity contribution < 1.29 is 19.1 Å². The summed E-state index contributed by atoms with van der Waals surface area (Å²) in [7, 11) is 0. The summed E-state index contributed by atoms with van der Waals surface area (Å²) in [4.78, 5) is 24.7. The lowest BCUT2D eigenvalue weighted by atomic mass is 10.2. The molecule has 6 nitrogen and oxygen atoms in total. The van der Waals surface area contributed by atoms with Crippen molar-refractivity contribution in [2.45, 2.75) is 6.10 Å².